The summed E-state index contributed by atoms with van der Waals surface area (Å²) in [6.45, 7) is 3.49. The zero-order valence-corrected chi connectivity index (χ0v) is 12.6. The number of carbonyl (C=O) groups excluding carboxylic acids is 1. The summed E-state index contributed by atoms with van der Waals surface area (Å²) < 4.78 is 0. The zero-order valence-electron chi connectivity index (χ0n) is 12.6. The number of amides is 1. The van der Waals surface area contributed by atoms with Gasteiger partial charge in [-0.2, -0.15) is 0 Å². The van der Waals surface area contributed by atoms with E-state index in [1.54, 1.807) is 6.07 Å². The summed E-state index contributed by atoms with van der Waals surface area (Å²) in [5, 5.41) is 6.14. The molecule has 0 aliphatic heterocycles. The van der Waals surface area contributed by atoms with E-state index in [0.29, 0.717) is 12.2 Å². The predicted molar refractivity (Wildman–Crippen MR) is 81.0 cm³/mol. The molecule has 1 amide bonds. The van der Waals surface area contributed by atoms with Crippen LogP contribution in [0.15, 0.2) is 18.2 Å². The van der Waals surface area contributed by atoms with Crippen LogP contribution in [0.3, 0.4) is 0 Å². The van der Waals surface area contributed by atoms with E-state index in [1.807, 2.05) is 19.1 Å². The topological polar surface area (TPSA) is 57.3 Å². The highest BCUT2D eigenvalue weighted by molar-refractivity contribution is 5.92. The van der Waals surface area contributed by atoms with E-state index in [0.717, 1.165) is 25.2 Å². The minimum Gasteiger partial charge on any atom is -0.370 e. The van der Waals surface area contributed by atoms with Crippen LogP contribution in [0.4, 0.5) is 5.82 Å². The van der Waals surface area contributed by atoms with Crippen molar-refractivity contribution in [3.8, 4) is 0 Å². The van der Waals surface area contributed by atoms with Gasteiger partial charge in [0.15, 0.2) is 0 Å². The van der Waals surface area contributed by atoms with Crippen molar-refractivity contribution in [2.75, 3.05) is 32.5 Å². The molecule has 1 heterocycles. The number of nitrogens with zero attached hydrogens (tertiary/aromatic N) is 2. The van der Waals surface area contributed by atoms with Gasteiger partial charge in [-0.1, -0.05) is 6.07 Å². The number of nitrogens with one attached hydrogen (secondary N) is 2. The number of likely N-dealkylation sites (N-methyl/N-ethyl adjacent to an activating group) is 1. The third-order valence-electron chi connectivity index (χ3n) is 4.15. The van der Waals surface area contributed by atoms with Crippen molar-refractivity contribution in [2.24, 2.45) is 0 Å². The summed E-state index contributed by atoms with van der Waals surface area (Å²) in [5.74, 6) is 0.643. The molecule has 2 rings (SSSR count). The average Bonchev–Trinajstić information content (AvgIpc) is 2.37. The van der Waals surface area contributed by atoms with E-state index in [2.05, 4.69) is 34.6 Å². The normalized spacial score (nSPS) is 16.6. The Bertz CT molecular complexity index is 469. The molecule has 110 valence electrons. The van der Waals surface area contributed by atoms with Gasteiger partial charge in [-0.05, 0) is 52.4 Å². The summed E-state index contributed by atoms with van der Waals surface area (Å²) in [7, 11) is 4.16. The summed E-state index contributed by atoms with van der Waals surface area (Å²) in [4.78, 5) is 18.7. The van der Waals surface area contributed by atoms with Gasteiger partial charge in [-0.15, -0.1) is 0 Å². The Morgan fingerprint density at radius 1 is 1.40 bits per heavy atom. The van der Waals surface area contributed by atoms with Crippen LogP contribution in [-0.2, 0) is 0 Å². The second-order valence-electron chi connectivity index (χ2n) is 5.59. The lowest BCUT2D eigenvalue weighted by atomic mass is 9.75. The van der Waals surface area contributed by atoms with E-state index in [1.165, 1.54) is 6.42 Å². The lowest BCUT2D eigenvalue weighted by Gasteiger charge is -2.47. The molecule has 1 fully saturated rings. The molecule has 0 atom stereocenters. The lowest BCUT2D eigenvalue weighted by Crippen LogP contribution is -2.57. The fourth-order valence-electron chi connectivity index (χ4n) is 2.54. The average molecular weight is 276 g/mol. The Labute approximate surface area is 120 Å². The van der Waals surface area contributed by atoms with Gasteiger partial charge >= 0.3 is 0 Å². The fraction of sp³-hybridized carbons (Fsp3) is 0.600. The van der Waals surface area contributed by atoms with Crippen molar-refractivity contribution in [3.63, 3.8) is 0 Å². The largest absolute Gasteiger partial charge is 0.370 e. The third kappa shape index (κ3) is 3.10. The summed E-state index contributed by atoms with van der Waals surface area (Å²) in [5.41, 5.74) is 0.603. The first kappa shape index (κ1) is 14.8. The van der Waals surface area contributed by atoms with E-state index >= 15 is 0 Å². The highest BCUT2D eigenvalue weighted by Crippen LogP contribution is 2.35. The molecule has 2 N–H and O–H groups in total. The fourth-order valence-corrected chi connectivity index (χ4v) is 2.54. The van der Waals surface area contributed by atoms with Crippen LogP contribution in [0.25, 0.3) is 0 Å². The molecule has 1 saturated carbocycles. The number of aromatic nitrogens is 1. The van der Waals surface area contributed by atoms with Crippen LogP contribution < -0.4 is 10.6 Å². The van der Waals surface area contributed by atoms with Gasteiger partial charge in [0.05, 0.1) is 0 Å². The molecular formula is C15H24N4O. The van der Waals surface area contributed by atoms with Crippen LogP contribution in [0.5, 0.6) is 0 Å². The molecule has 0 radical (unpaired) electrons. The molecular weight excluding hydrogens is 252 g/mol. The SMILES string of the molecule is CCNc1cccc(C(=O)NCC2(N(C)C)CCC2)n1. The van der Waals surface area contributed by atoms with Gasteiger partial charge in [0.1, 0.15) is 11.5 Å². The molecule has 0 saturated heterocycles. The summed E-state index contributed by atoms with van der Waals surface area (Å²) in [6, 6.07) is 5.47. The number of carbonyl (C=O) groups is 1. The molecule has 1 aromatic rings. The molecule has 5 heteroatoms. The predicted octanol–water partition coefficient (Wildman–Crippen LogP) is 1.73. The molecule has 1 aliphatic carbocycles. The van der Waals surface area contributed by atoms with Gasteiger partial charge < -0.3 is 15.5 Å². The maximum atomic E-state index is 12.2. The van der Waals surface area contributed by atoms with Crippen molar-refractivity contribution in [2.45, 2.75) is 31.7 Å². The molecule has 1 aromatic heterocycles. The lowest BCUT2D eigenvalue weighted by molar-refractivity contribution is 0.0556. The monoisotopic (exact) mass is 276 g/mol. The van der Waals surface area contributed by atoms with Gasteiger partial charge in [0.2, 0.25) is 0 Å². The Kier molecular flexibility index (Phi) is 4.60. The van der Waals surface area contributed by atoms with Gasteiger partial charge in [0, 0.05) is 18.6 Å². The van der Waals surface area contributed by atoms with Crippen LogP contribution in [0.1, 0.15) is 36.7 Å². The van der Waals surface area contributed by atoms with Crippen LogP contribution in [0, 0.1) is 0 Å². The highest BCUT2D eigenvalue weighted by Gasteiger charge is 2.39. The number of hydrogen-bond acceptors (Lipinski definition) is 4. The van der Waals surface area contributed by atoms with Gasteiger partial charge in [0.25, 0.3) is 5.91 Å². The summed E-state index contributed by atoms with van der Waals surface area (Å²) in [6.07, 6.45) is 3.53. The second-order valence-corrected chi connectivity index (χ2v) is 5.59. The molecule has 0 aromatic carbocycles. The Morgan fingerprint density at radius 2 is 2.15 bits per heavy atom. The number of rotatable bonds is 6. The molecule has 1 aliphatic rings. The maximum absolute atomic E-state index is 12.2. The molecule has 0 spiro atoms. The van der Waals surface area contributed by atoms with Crippen molar-refractivity contribution >= 4 is 11.7 Å². The Balaban J connectivity index is 1.96. The molecule has 5 nitrogen and oxygen atoms in total. The molecule has 20 heavy (non-hydrogen) atoms. The van der Waals surface area contributed by atoms with E-state index in [9.17, 15) is 4.79 Å². The second kappa shape index (κ2) is 6.22. The van der Waals surface area contributed by atoms with Crippen molar-refractivity contribution in [1.82, 2.24) is 15.2 Å². The first-order valence-electron chi connectivity index (χ1n) is 7.24. The van der Waals surface area contributed by atoms with Crippen LogP contribution in [0.2, 0.25) is 0 Å². The first-order valence-corrected chi connectivity index (χ1v) is 7.24. The van der Waals surface area contributed by atoms with Crippen molar-refractivity contribution < 1.29 is 4.79 Å². The Morgan fingerprint density at radius 3 is 2.70 bits per heavy atom. The molecule has 0 bridgehead atoms. The van der Waals surface area contributed by atoms with E-state index in [4.69, 9.17) is 0 Å². The number of hydrogen-bond donors (Lipinski definition) is 2. The van der Waals surface area contributed by atoms with E-state index in [-0.39, 0.29) is 11.4 Å². The first-order chi connectivity index (χ1) is 9.57. The van der Waals surface area contributed by atoms with Crippen molar-refractivity contribution in [1.29, 1.82) is 0 Å². The van der Waals surface area contributed by atoms with Gasteiger partial charge in [-0.3, -0.25) is 4.79 Å². The highest BCUT2D eigenvalue weighted by atomic mass is 16.1. The Hall–Kier alpha value is -1.62. The van der Waals surface area contributed by atoms with E-state index < -0.39 is 0 Å². The zero-order chi connectivity index (χ0) is 14.6. The third-order valence-corrected chi connectivity index (χ3v) is 4.15. The minimum absolute atomic E-state index is 0.0992. The van der Waals surface area contributed by atoms with Crippen molar-refractivity contribution in [3.05, 3.63) is 23.9 Å². The van der Waals surface area contributed by atoms with Crippen LogP contribution >= 0.6 is 0 Å². The standard InChI is InChI=1S/C15H24N4O/c1-4-16-13-8-5-7-12(18-13)14(20)17-11-15(19(2)3)9-6-10-15/h5,7-8H,4,6,9-11H2,1-3H3,(H,16,18)(H,17,20). The minimum atomic E-state index is -0.0992. The van der Waals surface area contributed by atoms with Crippen LogP contribution in [-0.4, -0.2) is 48.5 Å². The number of pyridine rings is 1. The quantitative estimate of drug-likeness (QED) is 0.831. The smallest absolute Gasteiger partial charge is 0.270 e. The maximum Gasteiger partial charge on any atom is 0.270 e. The van der Waals surface area contributed by atoms with Gasteiger partial charge in [-0.25, -0.2) is 4.98 Å². The number of anilines is 1. The molecule has 0 unspecified atom stereocenters. The summed E-state index contributed by atoms with van der Waals surface area (Å²) >= 11 is 0.